The van der Waals surface area contributed by atoms with Crippen molar-refractivity contribution in [2.45, 2.75) is 6.92 Å². The average molecular weight is 448 g/mol. The number of ether oxygens (including phenoxy) is 1. The summed E-state index contributed by atoms with van der Waals surface area (Å²) in [6.45, 7) is 2.50. The minimum atomic E-state index is -0.355. The Morgan fingerprint density at radius 3 is 1.71 bits per heavy atom. The van der Waals surface area contributed by atoms with Crippen LogP contribution < -0.4 is 9.64 Å². The summed E-state index contributed by atoms with van der Waals surface area (Å²) >= 11 is 0. The van der Waals surface area contributed by atoms with Gasteiger partial charge in [-0.05, 0) is 53.5 Å². The zero-order chi connectivity index (χ0) is 23.2. The highest BCUT2D eigenvalue weighted by Crippen LogP contribution is 2.58. The molecule has 3 aromatic rings. The van der Waals surface area contributed by atoms with Crippen LogP contribution in [0.25, 0.3) is 5.57 Å². The largest absolute Gasteiger partial charge is 0.494 e. The minimum Gasteiger partial charge on any atom is -0.494 e. The number of rotatable bonds is 5. The number of anilines is 1. The van der Waals surface area contributed by atoms with E-state index in [1.165, 1.54) is 10.5 Å². The SMILES string of the molecule is CCOc1ccc(N2C(=O)[C@@H]3[C@H](C2=O)[C@@H]2C=C[C@@H]3C2=C(c2ccccc2)c2ccccc2)cc1. The molecule has 0 N–H and O–H groups in total. The van der Waals surface area contributed by atoms with E-state index < -0.39 is 0 Å². The number of nitrogens with zero attached hydrogens (tertiary/aromatic N) is 1. The maximum atomic E-state index is 13.7. The van der Waals surface area contributed by atoms with Crippen LogP contribution in [0.5, 0.6) is 5.75 Å². The highest BCUT2D eigenvalue weighted by Gasteiger charge is 2.62. The number of allylic oxidation sites excluding steroid dienone is 3. The standard InChI is InChI=1S/C30H25NO3/c1-2-34-22-15-13-21(14-16-22)31-29(32)27-23-17-18-24(28(27)30(31)33)26(23)25(19-9-5-3-6-10-19)20-11-7-4-8-12-20/h3-18,23-24,27-28H,2H2,1H3/t23-,24-,27-,28+/m1/s1. The molecule has 1 saturated carbocycles. The second-order valence-corrected chi connectivity index (χ2v) is 8.99. The first-order valence-corrected chi connectivity index (χ1v) is 11.8. The van der Waals surface area contributed by atoms with Crippen molar-refractivity contribution in [2.75, 3.05) is 11.5 Å². The molecule has 2 bridgehead atoms. The van der Waals surface area contributed by atoms with Gasteiger partial charge in [-0.2, -0.15) is 0 Å². The highest BCUT2D eigenvalue weighted by atomic mass is 16.5. The Morgan fingerprint density at radius 1 is 0.735 bits per heavy atom. The number of amides is 2. The maximum absolute atomic E-state index is 13.7. The number of hydrogen-bond donors (Lipinski definition) is 0. The molecule has 6 rings (SSSR count). The predicted octanol–water partition coefficient (Wildman–Crippen LogP) is 5.51. The molecule has 2 aliphatic carbocycles. The summed E-state index contributed by atoms with van der Waals surface area (Å²) in [5.41, 5.74) is 5.18. The summed E-state index contributed by atoms with van der Waals surface area (Å²) in [6.07, 6.45) is 4.28. The van der Waals surface area contributed by atoms with Gasteiger partial charge in [-0.3, -0.25) is 9.59 Å². The van der Waals surface area contributed by atoms with Crippen molar-refractivity contribution in [3.8, 4) is 5.75 Å². The fourth-order valence-electron chi connectivity index (χ4n) is 5.92. The smallest absolute Gasteiger partial charge is 0.238 e. The Hall–Kier alpha value is -3.92. The monoisotopic (exact) mass is 447 g/mol. The normalized spacial score (nSPS) is 24.6. The van der Waals surface area contributed by atoms with Crippen molar-refractivity contribution >= 4 is 23.1 Å². The molecular formula is C30H25NO3. The quantitative estimate of drug-likeness (QED) is 0.383. The summed E-state index contributed by atoms with van der Waals surface area (Å²) < 4.78 is 5.52. The van der Waals surface area contributed by atoms with Crippen LogP contribution in [-0.4, -0.2) is 18.4 Å². The third-order valence-electron chi connectivity index (χ3n) is 7.24. The molecule has 3 aromatic carbocycles. The van der Waals surface area contributed by atoms with Crippen LogP contribution in [0, 0.1) is 23.7 Å². The molecule has 4 nitrogen and oxygen atoms in total. The molecule has 0 aromatic heterocycles. The van der Waals surface area contributed by atoms with E-state index in [1.807, 2.05) is 55.5 Å². The lowest BCUT2D eigenvalue weighted by Crippen LogP contribution is -2.33. The van der Waals surface area contributed by atoms with Gasteiger partial charge in [-0.15, -0.1) is 0 Å². The fraction of sp³-hybridized carbons (Fsp3) is 0.200. The Morgan fingerprint density at radius 2 is 1.24 bits per heavy atom. The fourth-order valence-corrected chi connectivity index (χ4v) is 5.92. The van der Waals surface area contributed by atoms with E-state index in [2.05, 4.69) is 36.4 Å². The van der Waals surface area contributed by atoms with Gasteiger partial charge in [0, 0.05) is 11.8 Å². The van der Waals surface area contributed by atoms with E-state index in [0.29, 0.717) is 12.3 Å². The molecule has 0 unspecified atom stereocenters. The Kier molecular flexibility index (Phi) is 4.95. The molecule has 2 amide bonds. The maximum Gasteiger partial charge on any atom is 0.238 e. The summed E-state index contributed by atoms with van der Waals surface area (Å²) in [5, 5.41) is 0. The molecule has 3 aliphatic rings. The van der Waals surface area contributed by atoms with Gasteiger partial charge in [-0.1, -0.05) is 72.8 Å². The first-order chi connectivity index (χ1) is 16.7. The molecule has 0 spiro atoms. The molecule has 4 heteroatoms. The lowest BCUT2D eigenvalue weighted by Gasteiger charge is -2.21. The molecule has 2 fully saturated rings. The lowest BCUT2D eigenvalue weighted by molar-refractivity contribution is -0.122. The van der Waals surface area contributed by atoms with Gasteiger partial charge in [0.15, 0.2) is 0 Å². The van der Waals surface area contributed by atoms with Crippen LogP contribution in [0.2, 0.25) is 0 Å². The molecule has 34 heavy (non-hydrogen) atoms. The first-order valence-electron chi connectivity index (χ1n) is 11.8. The number of carbonyl (C=O) groups excluding carboxylic acids is 2. The molecule has 168 valence electrons. The van der Waals surface area contributed by atoms with Crippen LogP contribution in [0.15, 0.2) is 103 Å². The number of carbonyl (C=O) groups is 2. The minimum absolute atomic E-state index is 0.0745. The molecule has 4 atom stereocenters. The van der Waals surface area contributed by atoms with Crippen LogP contribution in [0.3, 0.4) is 0 Å². The van der Waals surface area contributed by atoms with Crippen molar-refractivity contribution in [1.82, 2.24) is 0 Å². The number of benzene rings is 3. The van der Waals surface area contributed by atoms with Crippen LogP contribution in [0.1, 0.15) is 18.1 Å². The topological polar surface area (TPSA) is 46.6 Å². The van der Waals surface area contributed by atoms with Gasteiger partial charge in [0.05, 0.1) is 24.1 Å². The molecular weight excluding hydrogens is 422 g/mol. The second kappa shape index (κ2) is 8.14. The van der Waals surface area contributed by atoms with Gasteiger partial charge >= 0.3 is 0 Å². The van der Waals surface area contributed by atoms with Crippen LogP contribution in [-0.2, 0) is 9.59 Å². The molecule has 0 radical (unpaired) electrons. The number of hydrogen-bond acceptors (Lipinski definition) is 3. The van der Waals surface area contributed by atoms with Crippen molar-refractivity contribution < 1.29 is 14.3 Å². The third-order valence-corrected chi connectivity index (χ3v) is 7.24. The summed E-state index contributed by atoms with van der Waals surface area (Å²) in [6, 6.07) is 27.8. The van der Waals surface area contributed by atoms with Crippen molar-refractivity contribution in [1.29, 1.82) is 0 Å². The lowest BCUT2D eigenvalue weighted by atomic mass is 9.85. The number of fused-ring (bicyclic) bond motifs is 5. The highest BCUT2D eigenvalue weighted by molar-refractivity contribution is 6.23. The van der Waals surface area contributed by atoms with E-state index >= 15 is 0 Å². The molecule has 1 aliphatic heterocycles. The zero-order valence-corrected chi connectivity index (χ0v) is 18.9. The van der Waals surface area contributed by atoms with Gasteiger partial charge in [0.25, 0.3) is 0 Å². The predicted molar refractivity (Wildman–Crippen MR) is 132 cm³/mol. The Balaban J connectivity index is 1.42. The summed E-state index contributed by atoms with van der Waals surface area (Å²) in [7, 11) is 0. The second-order valence-electron chi connectivity index (χ2n) is 8.99. The van der Waals surface area contributed by atoms with Crippen molar-refractivity contribution in [3.05, 3.63) is 114 Å². The summed E-state index contributed by atoms with van der Waals surface area (Å²) in [4.78, 5) is 28.7. The van der Waals surface area contributed by atoms with Crippen molar-refractivity contribution in [2.24, 2.45) is 23.7 Å². The van der Waals surface area contributed by atoms with Crippen molar-refractivity contribution in [3.63, 3.8) is 0 Å². The number of imide groups is 1. The van der Waals surface area contributed by atoms with Gasteiger partial charge < -0.3 is 4.74 Å². The molecule has 1 saturated heterocycles. The van der Waals surface area contributed by atoms with E-state index in [9.17, 15) is 9.59 Å². The van der Waals surface area contributed by atoms with E-state index in [4.69, 9.17) is 4.74 Å². The van der Waals surface area contributed by atoms with E-state index in [0.717, 1.165) is 22.4 Å². The zero-order valence-electron chi connectivity index (χ0n) is 18.9. The first kappa shape index (κ1) is 20.7. The molecule has 1 heterocycles. The van der Waals surface area contributed by atoms with Gasteiger partial charge in [-0.25, -0.2) is 4.90 Å². The third kappa shape index (κ3) is 3.06. The Bertz CT molecular complexity index is 1230. The van der Waals surface area contributed by atoms with Gasteiger partial charge in [0.2, 0.25) is 11.8 Å². The Labute approximate surface area is 199 Å². The summed E-state index contributed by atoms with van der Waals surface area (Å²) in [5.74, 6) is -0.335. The van der Waals surface area contributed by atoms with Crippen LogP contribution in [0.4, 0.5) is 5.69 Å². The van der Waals surface area contributed by atoms with E-state index in [-0.39, 0.29) is 35.5 Å². The van der Waals surface area contributed by atoms with E-state index in [1.54, 1.807) is 12.1 Å². The van der Waals surface area contributed by atoms with Gasteiger partial charge in [0.1, 0.15) is 5.75 Å². The van der Waals surface area contributed by atoms with Crippen LogP contribution >= 0.6 is 0 Å². The average Bonchev–Trinajstić information content (AvgIpc) is 3.51.